The third-order valence-corrected chi connectivity index (χ3v) is 4.20. The Morgan fingerprint density at radius 2 is 1.73 bits per heavy atom. The fraction of sp³-hybridized carbons (Fsp3) is 0.882. The number of ether oxygens (including phenoxy) is 1. The molecule has 130 valence electrons. The predicted molar refractivity (Wildman–Crippen MR) is 87.8 cm³/mol. The van der Waals surface area contributed by atoms with E-state index in [0.717, 1.165) is 25.7 Å². The molecule has 0 saturated carbocycles. The highest BCUT2D eigenvalue weighted by atomic mass is 16.5. The topological polar surface area (TPSA) is 75.6 Å². The molecule has 0 aliphatic rings. The first-order valence-corrected chi connectivity index (χ1v) is 8.50. The number of hydrogen-bond acceptors (Lipinski definition) is 3. The zero-order valence-electron chi connectivity index (χ0n) is 14.6. The molecule has 2 N–H and O–H groups in total. The number of carboxylic acid groups (broad SMARTS) is 1. The number of methoxy groups -OCH3 is 1. The van der Waals surface area contributed by atoms with E-state index in [9.17, 15) is 14.7 Å². The van der Waals surface area contributed by atoms with Gasteiger partial charge in [0, 0.05) is 20.3 Å². The zero-order valence-corrected chi connectivity index (χ0v) is 14.6. The summed E-state index contributed by atoms with van der Waals surface area (Å²) in [5.74, 6) is -1.57. The smallest absolute Gasteiger partial charge is 0.307 e. The van der Waals surface area contributed by atoms with Gasteiger partial charge in [-0.3, -0.25) is 9.59 Å². The van der Waals surface area contributed by atoms with Crippen LogP contribution in [0.1, 0.15) is 65.7 Å². The second-order valence-electron chi connectivity index (χ2n) is 5.94. The molecular formula is C17H33NO4. The minimum absolute atomic E-state index is 0.104. The van der Waals surface area contributed by atoms with Gasteiger partial charge in [-0.2, -0.15) is 0 Å². The molecule has 0 fully saturated rings. The van der Waals surface area contributed by atoms with Gasteiger partial charge in [0.15, 0.2) is 0 Å². The lowest BCUT2D eigenvalue weighted by atomic mass is 9.66. The molecule has 0 aromatic carbocycles. The molecule has 0 aromatic heterocycles. The van der Waals surface area contributed by atoms with Crippen molar-refractivity contribution in [3.05, 3.63) is 0 Å². The summed E-state index contributed by atoms with van der Waals surface area (Å²) in [6.45, 7) is 7.10. The van der Waals surface area contributed by atoms with Gasteiger partial charge in [-0.15, -0.1) is 0 Å². The Morgan fingerprint density at radius 1 is 1.14 bits per heavy atom. The van der Waals surface area contributed by atoms with Crippen LogP contribution in [0.5, 0.6) is 0 Å². The highest BCUT2D eigenvalue weighted by Crippen LogP contribution is 2.41. The third kappa shape index (κ3) is 5.95. The number of carbonyl (C=O) groups excluding carboxylic acids is 1. The van der Waals surface area contributed by atoms with Gasteiger partial charge in [-0.1, -0.05) is 40.0 Å². The number of carboxylic acids is 1. The lowest BCUT2D eigenvalue weighted by molar-refractivity contribution is -0.155. The maximum atomic E-state index is 12.8. The van der Waals surface area contributed by atoms with Crippen molar-refractivity contribution in [2.24, 2.45) is 11.3 Å². The quantitative estimate of drug-likeness (QED) is 0.512. The van der Waals surface area contributed by atoms with Crippen LogP contribution in [0.25, 0.3) is 0 Å². The summed E-state index contributed by atoms with van der Waals surface area (Å²) in [7, 11) is 1.63. The maximum Gasteiger partial charge on any atom is 0.307 e. The highest BCUT2D eigenvalue weighted by Gasteiger charge is 2.46. The number of carbonyl (C=O) groups is 2. The van der Waals surface area contributed by atoms with Gasteiger partial charge < -0.3 is 15.2 Å². The van der Waals surface area contributed by atoms with Crippen LogP contribution in [0, 0.1) is 11.3 Å². The van der Waals surface area contributed by atoms with Crippen molar-refractivity contribution in [3.8, 4) is 0 Å². The van der Waals surface area contributed by atoms with Crippen LogP contribution < -0.4 is 5.32 Å². The third-order valence-electron chi connectivity index (χ3n) is 4.20. The monoisotopic (exact) mass is 315 g/mol. The van der Waals surface area contributed by atoms with Gasteiger partial charge in [0.05, 0.1) is 11.3 Å². The lowest BCUT2D eigenvalue weighted by Crippen LogP contribution is -2.49. The lowest BCUT2D eigenvalue weighted by Gasteiger charge is -2.37. The Kier molecular flexibility index (Phi) is 10.9. The minimum Gasteiger partial charge on any atom is -0.481 e. The SMILES string of the molecule is CCCC(C(=O)O)C(CCC)(CCC)C(=O)NCCCOC. The minimum atomic E-state index is -0.851. The average Bonchev–Trinajstić information content (AvgIpc) is 2.48. The Balaban J connectivity index is 5.26. The fourth-order valence-electron chi connectivity index (χ4n) is 3.27. The summed E-state index contributed by atoms with van der Waals surface area (Å²) in [5.41, 5.74) is -0.793. The molecule has 1 atom stereocenters. The van der Waals surface area contributed by atoms with Crippen molar-refractivity contribution < 1.29 is 19.4 Å². The molecule has 0 bridgehead atoms. The van der Waals surface area contributed by atoms with Crippen LogP contribution in [-0.4, -0.2) is 37.2 Å². The summed E-state index contributed by atoms with van der Waals surface area (Å²) < 4.78 is 4.98. The average molecular weight is 315 g/mol. The molecule has 1 unspecified atom stereocenters. The summed E-state index contributed by atoms with van der Waals surface area (Å²) >= 11 is 0. The normalized spacial score (nSPS) is 12.9. The number of hydrogen-bond donors (Lipinski definition) is 2. The number of amides is 1. The van der Waals surface area contributed by atoms with E-state index in [2.05, 4.69) is 5.32 Å². The van der Waals surface area contributed by atoms with Crippen LogP contribution in [0.15, 0.2) is 0 Å². The van der Waals surface area contributed by atoms with Gasteiger partial charge in [-0.05, 0) is 25.7 Å². The molecule has 0 radical (unpaired) electrons. The van der Waals surface area contributed by atoms with E-state index < -0.39 is 17.3 Å². The van der Waals surface area contributed by atoms with E-state index in [1.54, 1.807) is 7.11 Å². The van der Waals surface area contributed by atoms with Gasteiger partial charge in [0.2, 0.25) is 5.91 Å². The summed E-state index contributed by atoms with van der Waals surface area (Å²) in [5, 5.41) is 12.6. The Hall–Kier alpha value is -1.10. The van der Waals surface area contributed by atoms with E-state index in [-0.39, 0.29) is 5.91 Å². The van der Waals surface area contributed by atoms with Gasteiger partial charge in [0.1, 0.15) is 0 Å². The first-order chi connectivity index (χ1) is 10.5. The van der Waals surface area contributed by atoms with Crippen molar-refractivity contribution in [3.63, 3.8) is 0 Å². The van der Waals surface area contributed by atoms with E-state index >= 15 is 0 Å². The summed E-state index contributed by atoms with van der Waals surface area (Å²) in [6, 6.07) is 0. The van der Waals surface area contributed by atoms with Gasteiger partial charge in [0.25, 0.3) is 0 Å². The molecule has 0 aliphatic heterocycles. The van der Waals surface area contributed by atoms with Crippen LogP contribution in [-0.2, 0) is 14.3 Å². The van der Waals surface area contributed by atoms with Crippen LogP contribution in [0.4, 0.5) is 0 Å². The molecule has 0 rings (SSSR count). The molecule has 0 aromatic rings. The molecule has 22 heavy (non-hydrogen) atoms. The zero-order chi connectivity index (χ0) is 17.0. The van der Waals surface area contributed by atoms with Crippen molar-refractivity contribution in [1.82, 2.24) is 5.32 Å². The maximum absolute atomic E-state index is 12.8. The molecule has 0 saturated heterocycles. The van der Waals surface area contributed by atoms with Gasteiger partial charge in [-0.25, -0.2) is 0 Å². The number of rotatable bonds is 13. The van der Waals surface area contributed by atoms with Crippen molar-refractivity contribution >= 4 is 11.9 Å². The number of aliphatic carboxylic acids is 1. The van der Waals surface area contributed by atoms with Crippen LogP contribution in [0.3, 0.4) is 0 Å². The molecule has 0 heterocycles. The van der Waals surface area contributed by atoms with Crippen molar-refractivity contribution in [1.29, 1.82) is 0 Å². The first kappa shape index (κ1) is 20.9. The molecule has 1 amide bonds. The fourth-order valence-corrected chi connectivity index (χ4v) is 3.27. The molecular weight excluding hydrogens is 282 g/mol. The predicted octanol–water partition coefficient (Wildman–Crippen LogP) is 3.23. The van der Waals surface area contributed by atoms with E-state index in [1.165, 1.54) is 0 Å². The Morgan fingerprint density at radius 3 is 2.14 bits per heavy atom. The Labute approximate surface area is 134 Å². The highest BCUT2D eigenvalue weighted by molar-refractivity contribution is 5.88. The Bertz CT molecular complexity index is 325. The molecule has 0 spiro atoms. The number of nitrogens with one attached hydrogen (secondary N) is 1. The van der Waals surface area contributed by atoms with Crippen LogP contribution in [0.2, 0.25) is 0 Å². The van der Waals surface area contributed by atoms with Crippen molar-refractivity contribution in [2.45, 2.75) is 65.7 Å². The second-order valence-corrected chi connectivity index (χ2v) is 5.94. The largest absolute Gasteiger partial charge is 0.481 e. The van der Waals surface area contributed by atoms with E-state index in [1.807, 2.05) is 20.8 Å². The summed E-state index contributed by atoms with van der Waals surface area (Å²) in [6.07, 6.45) is 4.89. The first-order valence-electron chi connectivity index (χ1n) is 8.50. The molecule has 5 heteroatoms. The summed E-state index contributed by atoms with van der Waals surface area (Å²) in [4.78, 5) is 24.6. The standard InChI is InChI=1S/C17H33NO4/c1-5-9-14(15(19)20)17(10-6-2,11-7-3)16(21)18-12-8-13-22-4/h14H,5-13H2,1-4H3,(H,18,21)(H,19,20). The molecule has 0 aliphatic carbocycles. The second kappa shape index (κ2) is 11.5. The van der Waals surface area contributed by atoms with E-state index in [0.29, 0.717) is 32.4 Å². The van der Waals surface area contributed by atoms with Crippen molar-refractivity contribution in [2.75, 3.05) is 20.3 Å². The van der Waals surface area contributed by atoms with E-state index in [4.69, 9.17) is 4.74 Å². The van der Waals surface area contributed by atoms with Crippen LogP contribution >= 0.6 is 0 Å². The van der Waals surface area contributed by atoms with Gasteiger partial charge >= 0.3 is 5.97 Å². The molecule has 5 nitrogen and oxygen atoms in total.